The lowest BCUT2D eigenvalue weighted by molar-refractivity contribution is -0.144. The maximum absolute atomic E-state index is 12.7. The van der Waals surface area contributed by atoms with Gasteiger partial charge in [-0.2, -0.15) is 0 Å². The van der Waals surface area contributed by atoms with E-state index in [2.05, 4.69) is 20.9 Å². The second kappa shape index (κ2) is 9.95. The van der Waals surface area contributed by atoms with Crippen molar-refractivity contribution in [1.82, 2.24) is 4.98 Å². The number of hydrogen-bond acceptors (Lipinski definition) is 4. The minimum atomic E-state index is -0.654. The lowest BCUT2D eigenvalue weighted by Crippen LogP contribution is -2.26. The van der Waals surface area contributed by atoms with Crippen molar-refractivity contribution >= 4 is 27.6 Å². The topological polar surface area (TPSA) is 51.5 Å². The fourth-order valence-electron chi connectivity index (χ4n) is 2.83. The Morgan fingerprint density at radius 2 is 1.61 bits per heavy atom. The van der Waals surface area contributed by atoms with E-state index in [1.165, 1.54) is 0 Å². The predicted octanol–water partition coefficient (Wildman–Crippen LogP) is 4.86. The fourth-order valence-corrected chi connectivity index (χ4v) is 3.07. The van der Waals surface area contributed by atoms with Gasteiger partial charge in [-0.1, -0.05) is 66.7 Å². The van der Waals surface area contributed by atoms with Crippen LogP contribution in [0.2, 0.25) is 0 Å². The number of aromatic nitrogens is 1. The van der Waals surface area contributed by atoms with Crippen LogP contribution in [0.25, 0.3) is 0 Å². The highest BCUT2D eigenvalue weighted by Crippen LogP contribution is 2.16. The third kappa shape index (κ3) is 5.36. The van der Waals surface area contributed by atoms with E-state index in [-0.39, 0.29) is 5.97 Å². The van der Waals surface area contributed by atoms with E-state index in [0.717, 1.165) is 27.0 Å². The number of carbonyl (C=O) groups excluding carboxylic acids is 1. The first-order chi connectivity index (χ1) is 13.7. The third-order valence-corrected chi connectivity index (χ3v) is 4.62. The molecule has 0 saturated heterocycles. The normalized spacial score (nSPS) is 11.5. The lowest BCUT2D eigenvalue weighted by atomic mass is 10.0. The summed E-state index contributed by atoms with van der Waals surface area (Å²) in [6, 6.07) is 22.9. The van der Waals surface area contributed by atoms with Gasteiger partial charge in [-0.15, -0.1) is 0 Å². The molecular weight excluding hydrogens is 416 g/mol. The monoisotopic (exact) mass is 436 g/mol. The van der Waals surface area contributed by atoms with Gasteiger partial charge in [0.05, 0.1) is 12.3 Å². The summed E-state index contributed by atoms with van der Waals surface area (Å²) in [5.41, 5.74) is 3.60. The average Bonchev–Trinajstić information content (AvgIpc) is 2.74. The van der Waals surface area contributed by atoms with E-state index in [0.29, 0.717) is 13.0 Å². The smallest absolute Gasteiger partial charge is 0.331 e. The third-order valence-electron chi connectivity index (χ3n) is 4.16. The molecule has 0 bridgehead atoms. The Morgan fingerprint density at radius 3 is 2.11 bits per heavy atom. The first-order valence-corrected chi connectivity index (χ1v) is 9.92. The van der Waals surface area contributed by atoms with Crippen molar-refractivity contribution in [3.05, 3.63) is 100 Å². The Labute approximate surface area is 173 Å². The molecule has 4 nitrogen and oxygen atoms in total. The van der Waals surface area contributed by atoms with Crippen molar-refractivity contribution in [2.24, 2.45) is 4.99 Å². The molecular formula is C23H21BrN2O2. The lowest BCUT2D eigenvalue weighted by Gasteiger charge is -2.15. The van der Waals surface area contributed by atoms with E-state index in [4.69, 9.17) is 9.73 Å². The molecule has 0 spiro atoms. The first-order valence-electron chi connectivity index (χ1n) is 9.13. The highest BCUT2D eigenvalue weighted by molar-refractivity contribution is 9.10. The summed E-state index contributed by atoms with van der Waals surface area (Å²) >= 11 is 3.34. The number of aliphatic imine (C=N–C) groups is 1. The Hall–Kier alpha value is -2.79. The minimum absolute atomic E-state index is 0.315. The van der Waals surface area contributed by atoms with Gasteiger partial charge in [0.2, 0.25) is 0 Å². The molecule has 0 aliphatic heterocycles. The van der Waals surface area contributed by atoms with Crippen molar-refractivity contribution in [1.29, 1.82) is 0 Å². The van der Waals surface area contributed by atoms with E-state index < -0.39 is 6.04 Å². The van der Waals surface area contributed by atoms with Crippen LogP contribution in [0.15, 0.2) is 88.6 Å². The van der Waals surface area contributed by atoms with Crippen molar-refractivity contribution in [3.63, 3.8) is 0 Å². The summed E-state index contributed by atoms with van der Waals surface area (Å²) in [5, 5.41) is 0. The maximum atomic E-state index is 12.7. The van der Waals surface area contributed by atoms with Crippen LogP contribution >= 0.6 is 15.9 Å². The second-order valence-electron chi connectivity index (χ2n) is 6.17. The number of benzene rings is 2. The van der Waals surface area contributed by atoms with Gasteiger partial charge in [0.15, 0.2) is 6.04 Å². The molecule has 0 aliphatic rings. The van der Waals surface area contributed by atoms with Gasteiger partial charge in [0.25, 0.3) is 0 Å². The quantitative estimate of drug-likeness (QED) is 0.302. The van der Waals surface area contributed by atoms with Gasteiger partial charge < -0.3 is 4.74 Å². The molecule has 0 aliphatic carbocycles. The van der Waals surface area contributed by atoms with Gasteiger partial charge in [-0.3, -0.25) is 4.99 Å². The molecule has 0 saturated carbocycles. The summed E-state index contributed by atoms with van der Waals surface area (Å²) in [6.07, 6.45) is 2.17. The van der Waals surface area contributed by atoms with Crippen LogP contribution in [-0.4, -0.2) is 29.3 Å². The number of esters is 1. The Balaban J connectivity index is 2.02. The van der Waals surface area contributed by atoms with Gasteiger partial charge >= 0.3 is 5.97 Å². The SMILES string of the molecule is CCOC(=O)[C@H](Cc1ccc(Br)nc1)N=C(c1ccccc1)c1ccccc1. The zero-order valence-electron chi connectivity index (χ0n) is 15.6. The standard InChI is InChI=1S/C23H21BrN2O2/c1-2-28-23(27)20(15-17-13-14-21(24)25-16-17)26-22(18-9-5-3-6-10-18)19-11-7-4-8-12-19/h3-14,16,20H,2,15H2,1H3/t20-/m0/s1. The van der Waals surface area contributed by atoms with Gasteiger partial charge in [-0.25, -0.2) is 9.78 Å². The van der Waals surface area contributed by atoms with Crippen LogP contribution in [0.1, 0.15) is 23.6 Å². The van der Waals surface area contributed by atoms with Crippen molar-refractivity contribution in [2.45, 2.75) is 19.4 Å². The first kappa shape index (κ1) is 20.0. The molecule has 1 atom stereocenters. The highest BCUT2D eigenvalue weighted by atomic mass is 79.9. The minimum Gasteiger partial charge on any atom is -0.464 e. The van der Waals surface area contributed by atoms with Crippen molar-refractivity contribution < 1.29 is 9.53 Å². The molecule has 0 N–H and O–H groups in total. The summed E-state index contributed by atoms with van der Waals surface area (Å²) in [5.74, 6) is -0.338. The number of nitrogens with zero attached hydrogens (tertiary/aromatic N) is 2. The summed E-state index contributed by atoms with van der Waals surface area (Å²) in [6.45, 7) is 2.12. The molecule has 1 heterocycles. The van der Waals surface area contributed by atoms with E-state index in [1.807, 2.05) is 72.8 Å². The van der Waals surface area contributed by atoms with E-state index in [1.54, 1.807) is 13.1 Å². The molecule has 1 aromatic heterocycles. The Morgan fingerprint density at radius 1 is 1.00 bits per heavy atom. The van der Waals surface area contributed by atoms with Crippen LogP contribution in [0.5, 0.6) is 0 Å². The van der Waals surface area contributed by atoms with E-state index >= 15 is 0 Å². The molecule has 2 aromatic carbocycles. The number of rotatable bonds is 7. The van der Waals surface area contributed by atoms with Crippen molar-refractivity contribution in [3.8, 4) is 0 Å². The summed E-state index contributed by atoms with van der Waals surface area (Å²) in [7, 11) is 0. The summed E-state index contributed by atoms with van der Waals surface area (Å²) in [4.78, 5) is 21.8. The van der Waals surface area contributed by atoms with Crippen LogP contribution in [0.3, 0.4) is 0 Å². The largest absolute Gasteiger partial charge is 0.464 e. The van der Waals surface area contributed by atoms with Gasteiger partial charge in [-0.05, 0) is 34.5 Å². The van der Waals surface area contributed by atoms with Gasteiger partial charge in [0.1, 0.15) is 4.60 Å². The Kier molecular flexibility index (Phi) is 7.09. The zero-order chi connectivity index (χ0) is 19.8. The molecule has 28 heavy (non-hydrogen) atoms. The fraction of sp³-hybridized carbons (Fsp3) is 0.174. The molecule has 3 rings (SSSR count). The molecule has 0 radical (unpaired) electrons. The maximum Gasteiger partial charge on any atom is 0.331 e. The number of ether oxygens (including phenoxy) is 1. The number of carbonyl (C=O) groups is 1. The molecule has 0 unspecified atom stereocenters. The second-order valence-corrected chi connectivity index (χ2v) is 6.98. The molecule has 142 valence electrons. The summed E-state index contributed by atoms with van der Waals surface area (Å²) < 4.78 is 6.05. The highest BCUT2D eigenvalue weighted by Gasteiger charge is 2.21. The number of pyridine rings is 1. The number of halogens is 1. The zero-order valence-corrected chi connectivity index (χ0v) is 17.2. The van der Waals surface area contributed by atoms with Crippen LogP contribution < -0.4 is 0 Å². The van der Waals surface area contributed by atoms with E-state index in [9.17, 15) is 4.79 Å². The molecule has 0 fully saturated rings. The Bertz CT molecular complexity index is 884. The average molecular weight is 437 g/mol. The van der Waals surface area contributed by atoms with Gasteiger partial charge in [0, 0.05) is 23.7 Å². The van der Waals surface area contributed by atoms with Crippen LogP contribution in [-0.2, 0) is 16.0 Å². The molecule has 0 amide bonds. The predicted molar refractivity (Wildman–Crippen MR) is 115 cm³/mol. The number of hydrogen-bond donors (Lipinski definition) is 0. The van der Waals surface area contributed by atoms with Crippen LogP contribution in [0.4, 0.5) is 0 Å². The molecule has 5 heteroatoms. The van der Waals surface area contributed by atoms with Crippen molar-refractivity contribution in [2.75, 3.05) is 6.61 Å². The van der Waals surface area contributed by atoms with Crippen LogP contribution in [0, 0.1) is 0 Å². The molecule has 3 aromatic rings.